The van der Waals surface area contributed by atoms with Crippen LogP contribution in [-0.4, -0.2) is 61.4 Å². The summed E-state index contributed by atoms with van der Waals surface area (Å²) < 4.78 is 30.0. The molecule has 0 radical (unpaired) electrons. The maximum Gasteiger partial charge on any atom is 0.284 e. The van der Waals surface area contributed by atoms with E-state index in [1.165, 1.54) is 0 Å². The maximum absolute atomic E-state index is 12.2. The number of nitrogens with zero attached hydrogens (tertiary/aromatic N) is 2. The summed E-state index contributed by atoms with van der Waals surface area (Å²) in [5, 5.41) is 3.47. The average Bonchev–Trinajstić information content (AvgIpc) is 2.98. The molecule has 1 aromatic heterocycles. The van der Waals surface area contributed by atoms with Gasteiger partial charge in [-0.25, -0.2) is 0 Å². The number of alkyl halides is 2. The summed E-state index contributed by atoms with van der Waals surface area (Å²) in [6.07, 6.45) is 0. The number of furan rings is 1. The van der Waals surface area contributed by atoms with Gasteiger partial charge in [0.2, 0.25) is 0 Å². The van der Waals surface area contributed by atoms with E-state index in [0.29, 0.717) is 36.0 Å². The molecule has 7 heteroatoms. The Hall–Kier alpha value is -0.630. The van der Waals surface area contributed by atoms with Gasteiger partial charge in [0.1, 0.15) is 11.5 Å². The highest BCUT2D eigenvalue weighted by Gasteiger charge is 2.24. The van der Waals surface area contributed by atoms with Gasteiger partial charge in [-0.05, 0) is 25.1 Å². The van der Waals surface area contributed by atoms with Crippen molar-refractivity contribution in [3.05, 3.63) is 23.7 Å². The molecule has 1 saturated heterocycles. The number of halogens is 2. The number of hydrogen-bond acceptors (Lipinski definition) is 5. The first-order valence-corrected chi connectivity index (χ1v) is 9.61. The first kappa shape index (κ1) is 19.7. The molecule has 0 bridgehead atoms. The van der Waals surface area contributed by atoms with Crippen LogP contribution < -0.4 is 5.32 Å². The SMILES string of the molecule is CC(C)C(CNCc1ccc(CSC(F)F)o1)N1CCN(C)CC1. The van der Waals surface area contributed by atoms with Crippen molar-refractivity contribution in [3.63, 3.8) is 0 Å². The predicted octanol–water partition coefficient (Wildman–Crippen LogP) is 3.10. The molecule has 1 fully saturated rings. The minimum absolute atomic E-state index is 0.216. The van der Waals surface area contributed by atoms with Crippen molar-refractivity contribution in [1.29, 1.82) is 0 Å². The average molecular weight is 362 g/mol. The molecule has 24 heavy (non-hydrogen) atoms. The zero-order valence-corrected chi connectivity index (χ0v) is 15.6. The van der Waals surface area contributed by atoms with Crippen molar-refractivity contribution < 1.29 is 13.2 Å². The van der Waals surface area contributed by atoms with Crippen LogP contribution in [0.25, 0.3) is 0 Å². The Bertz CT molecular complexity index is 476. The van der Waals surface area contributed by atoms with Gasteiger partial charge in [-0.2, -0.15) is 8.78 Å². The highest BCUT2D eigenvalue weighted by atomic mass is 32.2. The molecular weight excluding hydrogens is 332 g/mol. The van der Waals surface area contributed by atoms with E-state index in [2.05, 4.69) is 36.0 Å². The lowest BCUT2D eigenvalue weighted by atomic mass is 10.0. The Morgan fingerprint density at radius 1 is 1.17 bits per heavy atom. The molecule has 0 aromatic carbocycles. The molecule has 0 spiro atoms. The van der Waals surface area contributed by atoms with Gasteiger partial charge in [-0.3, -0.25) is 4.90 Å². The van der Waals surface area contributed by atoms with E-state index in [9.17, 15) is 8.78 Å². The van der Waals surface area contributed by atoms with Gasteiger partial charge in [0, 0.05) is 38.8 Å². The van der Waals surface area contributed by atoms with E-state index >= 15 is 0 Å². The van der Waals surface area contributed by atoms with Crippen molar-refractivity contribution in [1.82, 2.24) is 15.1 Å². The standard InChI is InChI=1S/C17H29F2N3OS/c1-13(2)16(22-8-6-21(3)7-9-22)11-20-10-14-4-5-15(23-14)12-24-17(18)19/h4-5,13,16-17,20H,6-12H2,1-3H3. The number of likely N-dealkylation sites (N-methyl/N-ethyl adjacent to an activating group) is 1. The van der Waals surface area contributed by atoms with Gasteiger partial charge in [-0.1, -0.05) is 25.6 Å². The third-order valence-electron chi connectivity index (χ3n) is 4.50. The molecule has 0 saturated carbocycles. The molecule has 1 N–H and O–H groups in total. The molecule has 0 amide bonds. The van der Waals surface area contributed by atoms with Crippen molar-refractivity contribution in [2.24, 2.45) is 5.92 Å². The fourth-order valence-corrected chi connectivity index (χ4v) is 3.47. The smallest absolute Gasteiger partial charge is 0.284 e. The van der Waals surface area contributed by atoms with E-state index in [-0.39, 0.29) is 5.75 Å². The summed E-state index contributed by atoms with van der Waals surface area (Å²) in [4.78, 5) is 4.92. The predicted molar refractivity (Wildman–Crippen MR) is 95.4 cm³/mol. The van der Waals surface area contributed by atoms with E-state index in [0.717, 1.165) is 38.5 Å². The van der Waals surface area contributed by atoms with E-state index in [1.807, 2.05) is 6.07 Å². The summed E-state index contributed by atoms with van der Waals surface area (Å²) in [7, 11) is 2.17. The number of thioether (sulfide) groups is 1. The Balaban J connectivity index is 1.76. The van der Waals surface area contributed by atoms with Crippen molar-refractivity contribution in [3.8, 4) is 0 Å². The molecule has 138 valence electrons. The third kappa shape index (κ3) is 6.35. The summed E-state index contributed by atoms with van der Waals surface area (Å²) in [6.45, 7) is 10.5. The summed E-state index contributed by atoms with van der Waals surface area (Å²) in [6, 6.07) is 4.16. The Morgan fingerprint density at radius 3 is 2.46 bits per heavy atom. The molecule has 1 aliphatic rings. The van der Waals surface area contributed by atoms with Gasteiger partial charge >= 0.3 is 0 Å². The molecule has 4 nitrogen and oxygen atoms in total. The summed E-state index contributed by atoms with van der Waals surface area (Å²) >= 11 is 0.591. The molecule has 0 aliphatic carbocycles. The molecule has 1 unspecified atom stereocenters. The zero-order chi connectivity index (χ0) is 17.5. The van der Waals surface area contributed by atoms with Gasteiger partial charge < -0.3 is 14.6 Å². The highest BCUT2D eigenvalue weighted by Crippen LogP contribution is 2.21. The van der Waals surface area contributed by atoms with Crippen LogP contribution in [0.15, 0.2) is 16.5 Å². The van der Waals surface area contributed by atoms with Crippen molar-refractivity contribution in [2.75, 3.05) is 39.8 Å². The van der Waals surface area contributed by atoms with E-state index in [4.69, 9.17) is 4.42 Å². The second-order valence-corrected chi connectivity index (χ2v) is 7.70. The first-order chi connectivity index (χ1) is 11.5. The third-order valence-corrected chi connectivity index (χ3v) is 5.20. The fraction of sp³-hybridized carbons (Fsp3) is 0.765. The van der Waals surface area contributed by atoms with Crippen LogP contribution in [0, 0.1) is 5.92 Å². The second-order valence-electron chi connectivity index (χ2n) is 6.72. The molecular formula is C17H29F2N3OS. The number of piperazine rings is 1. The molecule has 2 heterocycles. The first-order valence-electron chi connectivity index (χ1n) is 8.56. The minimum Gasteiger partial charge on any atom is -0.464 e. The van der Waals surface area contributed by atoms with E-state index in [1.54, 1.807) is 6.07 Å². The summed E-state index contributed by atoms with van der Waals surface area (Å²) in [5.74, 6) is -0.145. The number of hydrogen-bond donors (Lipinski definition) is 1. The van der Waals surface area contributed by atoms with Crippen LogP contribution in [-0.2, 0) is 12.3 Å². The highest BCUT2D eigenvalue weighted by molar-refractivity contribution is 7.98. The Labute approximate surface area is 147 Å². The topological polar surface area (TPSA) is 31.7 Å². The van der Waals surface area contributed by atoms with Crippen LogP contribution >= 0.6 is 11.8 Å². The molecule has 1 atom stereocenters. The normalized spacial score (nSPS) is 18.6. The van der Waals surface area contributed by atoms with Crippen LogP contribution in [0.5, 0.6) is 0 Å². The maximum atomic E-state index is 12.2. The van der Waals surface area contributed by atoms with Gasteiger partial charge in [0.15, 0.2) is 0 Å². The quantitative estimate of drug-likeness (QED) is 0.731. The Morgan fingerprint density at radius 2 is 1.83 bits per heavy atom. The Kier molecular flexibility index (Phi) is 8.00. The lowest BCUT2D eigenvalue weighted by molar-refractivity contribution is 0.0872. The molecule has 2 rings (SSSR count). The van der Waals surface area contributed by atoms with Crippen molar-refractivity contribution >= 4 is 11.8 Å². The lowest BCUT2D eigenvalue weighted by Crippen LogP contribution is -2.53. The summed E-state index contributed by atoms with van der Waals surface area (Å²) in [5.41, 5.74) is 0. The van der Waals surface area contributed by atoms with Crippen LogP contribution in [0.2, 0.25) is 0 Å². The number of nitrogens with one attached hydrogen (secondary N) is 1. The second kappa shape index (κ2) is 9.75. The largest absolute Gasteiger partial charge is 0.464 e. The number of rotatable bonds is 9. The van der Waals surface area contributed by atoms with Crippen molar-refractivity contribution in [2.45, 2.75) is 37.9 Å². The van der Waals surface area contributed by atoms with E-state index < -0.39 is 5.76 Å². The minimum atomic E-state index is -2.35. The van der Waals surface area contributed by atoms with Crippen LogP contribution in [0.1, 0.15) is 25.4 Å². The molecule has 1 aliphatic heterocycles. The van der Waals surface area contributed by atoms with Crippen LogP contribution in [0.4, 0.5) is 8.78 Å². The van der Waals surface area contributed by atoms with Gasteiger partial charge in [0.05, 0.1) is 12.3 Å². The monoisotopic (exact) mass is 361 g/mol. The fourth-order valence-electron chi connectivity index (χ4n) is 3.02. The van der Waals surface area contributed by atoms with Gasteiger partial charge in [-0.15, -0.1) is 0 Å². The molecule has 1 aromatic rings. The van der Waals surface area contributed by atoms with Crippen LogP contribution in [0.3, 0.4) is 0 Å². The van der Waals surface area contributed by atoms with Gasteiger partial charge in [0.25, 0.3) is 5.76 Å². The zero-order valence-electron chi connectivity index (χ0n) is 14.8. The lowest BCUT2D eigenvalue weighted by Gasteiger charge is -2.40.